The van der Waals surface area contributed by atoms with Gasteiger partial charge in [0.05, 0.1) is 36.9 Å². The predicted molar refractivity (Wildman–Crippen MR) is 161 cm³/mol. The molecule has 2 aliphatic rings. The summed E-state index contributed by atoms with van der Waals surface area (Å²) in [7, 11) is 1.53. The van der Waals surface area contributed by atoms with E-state index in [4.69, 9.17) is 27.9 Å². The van der Waals surface area contributed by atoms with Crippen LogP contribution in [-0.4, -0.2) is 66.0 Å². The smallest absolute Gasteiger partial charge is 0.332 e. The molecular weight excluding hydrogens is 593 g/mol. The third-order valence-electron chi connectivity index (χ3n) is 7.76. The standard InChI is InChI=1S/C31H27Cl2N5O5/c1-3-43-27(39)12-19-6-10-24(11-7-19)35-29(41)37-17-26(21-8-4-20(16-34)5-9-21)31(18-37)28(40)38(30(42)36(31)2)25-14-22(32)13-23(33)15-25/h4-11,13-15,26H,3,12,17-18H2,1-2H3,(H,35,41). The summed E-state index contributed by atoms with van der Waals surface area (Å²) in [5.41, 5.74) is 1.13. The average Bonchev–Trinajstić information content (AvgIpc) is 3.47. The number of anilines is 2. The largest absolute Gasteiger partial charge is 0.466 e. The van der Waals surface area contributed by atoms with Crippen LogP contribution >= 0.6 is 23.2 Å². The zero-order valence-electron chi connectivity index (χ0n) is 23.3. The molecule has 2 aliphatic heterocycles. The first-order valence-corrected chi connectivity index (χ1v) is 14.2. The van der Waals surface area contributed by atoms with Gasteiger partial charge in [-0.15, -0.1) is 0 Å². The summed E-state index contributed by atoms with van der Waals surface area (Å²) in [6.07, 6.45) is 0.111. The molecule has 0 radical (unpaired) electrons. The Labute approximate surface area is 258 Å². The van der Waals surface area contributed by atoms with Gasteiger partial charge in [-0.1, -0.05) is 47.5 Å². The highest BCUT2D eigenvalue weighted by atomic mass is 35.5. The van der Waals surface area contributed by atoms with Crippen molar-refractivity contribution in [3.8, 4) is 6.07 Å². The molecule has 3 aromatic rings. The zero-order valence-corrected chi connectivity index (χ0v) is 24.9. The van der Waals surface area contributed by atoms with E-state index >= 15 is 0 Å². The second kappa shape index (κ2) is 12.0. The molecule has 0 aliphatic carbocycles. The molecule has 10 nitrogen and oxygen atoms in total. The molecule has 2 atom stereocenters. The summed E-state index contributed by atoms with van der Waals surface area (Å²) in [5.74, 6) is -1.48. The van der Waals surface area contributed by atoms with E-state index in [1.165, 1.54) is 35.0 Å². The molecule has 1 spiro atoms. The average molecular weight is 620 g/mol. The monoisotopic (exact) mass is 619 g/mol. The Balaban J connectivity index is 1.46. The number of nitrogens with one attached hydrogen (secondary N) is 1. The number of urea groups is 2. The number of hydrogen-bond donors (Lipinski definition) is 1. The van der Waals surface area contributed by atoms with Gasteiger partial charge < -0.3 is 19.9 Å². The Bertz CT molecular complexity index is 1620. The first kappa shape index (κ1) is 29.9. The normalized spacial score (nSPS) is 19.6. The van der Waals surface area contributed by atoms with Gasteiger partial charge in [0.2, 0.25) is 0 Å². The van der Waals surface area contributed by atoms with Crippen LogP contribution in [0.5, 0.6) is 0 Å². The summed E-state index contributed by atoms with van der Waals surface area (Å²) < 4.78 is 4.98. The number of amides is 5. The topological polar surface area (TPSA) is 123 Å². The van der Waals surface area contributed by atoms with Crippen molar-refractivity contribution in [1.29, 1.82) is 5.26 Å². The van der Waals surface area contributed by atoms with Crippen molar-refractivity contribution in [2.45, 2.75) is 24.8 Å². The molecule has 1 N–H and O–H groups in total. The predicted octanol–water partition coefficient (Wildman–Crippen LogP) is 5.44. The molecule has 220 valence electrons. The van der Waals surface area contributed by atoms with Crippen molar-refractivity contribution >= 4 is 58.5 Å². The van der Waals surface area contributed by atoms with E-state index in [2.05, 4.69) is 11.4 Å². The second-order valence-corrected chi connectivity index (χ2v) is 11.2. The van der Waals surface area contributed by atoms with Gasteiger partial charge in [-0.3, -0.25) is 9.59 Å². The molecule has 2 fully saturated rings. The lowest BCUT2D eigenvalue weighted by Gasteiger charge is -2.33. The minimum Gasteiger partial charge on any atom is -0.466 e. The summed E-state index contributed by atoms with van der Waals surface area (Å²) in [6.45, 7) is 2.06. The van der Waals surface area contributed by atoms with Gasteiger partial charge in [0.1, 0.15) is 5.54 Å². The number of nitrogens with zero attached hydrogens (tertiary/aromatic N) is 4. The Morgan fingerprint density at radius 1 is 1.05 bits per heavy atom. The van der Waals surface area contributed by atoms with Crippen molar-refractivity contribution in [3.05, 3.63) is 93.5 Å². The highest BCUT2D eigenvalue weighted by Crippen LogP contribution is 2.46. The molecular formula is C31H27Cl2N5O5. The number of hydrogen-bond acceptors (Lipinski definition) is 6. The number of halogens is 2. The molecule has 0 aromatic heterocycles. The third kappa shape index (κ3) is 5.61. The molecule has 2 saturated heterocycles. The number of benzene rings is 3. The summed E-state index contributed by atoms with van der Waals surface area (Å²) >= 11 is 12.4. The Morgan fingerprint density at radius 3 is 2.30 bits per heavy atom. The maximum Gasteiger partial charge on any atom is 0.332 e. The van der Waals surface area contributed by atoms with Crippen molar-refractivity contribution in [1.82, 2.24) is 9.80 Å². The maximum atomic E-state index is 14.3. The minimum atomic E-state index is -1.44. The lowest BCUT2D eigenvalue weighted by atomic mass is 9.80. The lowest BCUT2D eigenvalue weighted by Crippen LogP contribution is -2.54. The van der Waals surface area contributed by atoms with E-state index in [1.807, 2.05) is 0 Å². The maximum absolute atomic E-state index is 14.3. The number of carbonyl (C=O) groups excluding carboxylic acids is 4. The molecule has 5 amide bonds. The van der Waals surface area contributed by atoms with Gasteiger partial charge in [-0.2, -0.15) is 5.26 Å². The molecule has 2 heterocycles. The highest BCUT2D eigenvalue weighted by molar-refractivity contribution is 6.36. The highest BCUT2D eigenvalue weighted by Gasteiger charge is 2.65. The zero-order chi connectivity index (χ0) is 30.9. The molecule has 12 heteroatoms. The molecule has 2 unspecified atom stereocenters. The fourth-order valence-corrected chi connectivity index (χ4v) is 6.16. The number of nitriles is 1. The number of esters is 1. The van der Waals surface area contributed by atoms with Crippen LogP contribution < -0.4 is 10.2 Å². The van der Waals surface area contributed by atoms with Gasteiger partial charge in [0.15, 0.2) is 0 Å². The van der Waals surface area contributed by atoms with E-state index in [-0.39, 0.29) is 41.2 Å². The Hall–Kier alpha value is -4.59. The fraction of sp³-hybridized carbons (Fsp3) is 0.258. The molecule has 5 rings (SSSR count). The molecule has 43 heavy (non-hydrogen) atoms. The third-order valence-corrected chi connectivity index (χ3v) is 8.19. The first-order valence-electron chi connectivity index (χ1n) is 13.5. The Morgan fingerprint density at radius 2 is 1.70 bits per heavy atom. The van der Waals surface area contributed by atoms with Crippen molar-refractivity contribution in [2.75, 3.05) is 37.0 Å². The van der Waals surface area contributed by atoms with E-state index in [0.717, 1.165) is 10.5 Å². The van der Waals surface area contributed by atoms with Crippen LogP contribution in [0.4, 0.5) is 21.0 Å². The van der Waals surface area contributed by atoms with Crippen LogP contribution in [0.2, 0.25) is 10.0 Å². The summed E-state index contributed by atoms with van der Waals surface area (Å²) in [4.78, 5) is 57.2. The molecule has 3 aromatic carbocycles. The van der Waals surface area contributed by atoms with Crippen LogP contribution in [0, 0.1) is 11.3 Å². The van der Waals surface area contributed by atoms with Crippen LogP contribution in [-0.2, 0) is 20.7 Å². The van der Waals surface area contributed by atoms with Gasteiger partial charge in [-0.05, 0) is 60.5 Å². The summed E-state index contributed by atoms with van der Waals surface area (Å²) in [5, 5.41) is 12.7. The SMILES string of the molecule is CCOC(=O)Cc1ccc(NC(=O)N2CC(c3ccc(C#N)cc3)C3(C2)C(=O)N(c2cc(Cl)cc(Cl)c2)C(=O)N3C)cc1. The van der Waals surface area contributed by atoms with Crippen LogP contribution in [0.3, 0.4) is 0 Å². The van der Waals surface area contributed by atoms with Crippen LogP contribution in [0.1, 0.15) is 29.5 Å². The van der Waals surface area contributed by atoms with Gasteiger partial charge in [0, 0.05) is 35.2 Å². The van der Waals surface area contributed by atoms with Crippen molar-refractivity contribution in [2.24, 2.45) is 0 Å². The van der Waals surface area contributed by atoms with Crippen molar-refractivity contribution in [3.63, 3.8) is 0 Å². The van der Waals surface area contributed by atoms with Gasteiger partial charge >= 0.3 is 18.0 Å². The van der Waals surface area contributed by atoms with Crippen LogP contribution in [0.15, 0.2) is 66.7 Å². The second-order valence-electron chi connectivity index (χ2n) is 10.3. The summed E-state index contributed by atoms with van der Waals surface area (Å²) in [6, 6.07) is 19.0. The van der Waals surface area contributed by atoms with Crippen LogP contribution in [0.25, 0.3) is 0 Å². The van der Waals surface area contributed by atoms with E-state index < -0.39 is 29.4 Å². The lowest BCUT2D eigenvalue weighted by molar-refractivity contribution is -0.142. The van der Waals surface area contributed by atoms with E-state index in [0.29, 0.717) is 23.4 Å². The van der Waals surface area contributed by atoms with Gasteiger partial charge in [0.25, 0.3) is 5.91 Å². The number of ether oxygens (including phenoxy) is 1. The van der Waals surface area contributed by atoms with E-state index in [1.54, 1.807) is 55.5 Å². The number of likely N-dealkylation sites (N-methyl/N-ethyl adjacent to an activating group) is 1. The van der Waals surface area contributed by atoms with E-state index in [9.17, 15) is 24.4 Å². The van der Waals surface area contributed by atoms with Crippen molar-refractivity contribution < 1.29 is 23.9 Å². The number of carbonyl (C=O) groups is 4. The van der Waals surface area contributed by atoms with Gasteiger partial charge in [-0.25, -0.2) is 14.5 Å². The quantitative estimate of drug-likeness (QED) is 0.289. The molecule has 0 saturated carbocycles. The minimum absolute atomic E-state index is 0.0870. The first-order chi connectivity index (χ1) is 20.6. The number of rotatable bonds is 6. The number of likely N-dealkylation sites (tertiary alicyclic amines) is 1. The fourth-order valence-electron chi connectivity index (χ4n) is 5.65. The number of imide groups is 1. The Kier molecular flexibility index (Phi) is 8.31. The molecule has 0 bridgehead atoms.